The van der Waals surface area contributed by atoms with Crippen LogP contribution < -0.4 is 0 Å². The Morgan fingerprint density at radius 1 is 1.46 bits per heavy atom. The smallest absolute Gasteiger partial charge is 0.123 e. The fraction of sp³-hybridized carbons (Fsp3) is 0.182. The van der Waals surface area contributed by atoms with Crippen molar-refractivity contribution in [3.05, 3.63) is 47.9 Å². The molecule has 1 aromatic rings. The minimum absolute atomic E-state index is 0.229. The SMILES string of the molecule is CC=CN=C(C)c1cccc(F)c1. The molecule has 1 nitrogen and oxygen atoms in total. The normalized spacial score (nSPS) is 12.4. The molecule has 68 valence electrons. The second-order valence-corrected chi connectivity index (χ2v) is 2.71. The number of rotatable bonds is 2. The van der Waals surface area contributed by atoms with Crippen molar-refractivity contribution in [3.63, 3.8) is 0 Å². The van der Waals surface area contributed by atoms with E-state index in [0.29, 0.717) is 0 Å². The van der Waals surface area contributed by atoms with Gasteiger partial charge in [0.1, 0.15) is 5.82 Å². The summed E-state index contributed by atoms with van der Waals surface area (Å²) in [6.45, 7) is 3.75. The maximum absolute atomic E-state index is 12.8. The Hall–Kier alpha value is -1.44. The number of hydrogen-bond donors (Lipinski definition) is 0. The van der Waals surface area contributed by atoms with Crippen LogP contribution in [0.25, 0.3) is 0 Å². The van der Waals surface area contributed by atoms with Crippen molar-refractivity contribution < 1.29 is 4.39 Å². The third kappa shape index (κ3) is 2.82. The van der Waals surface area contributed by atoms with Crippen LogP contribution >= 0.6 is 0 Å². The molecule has 0 aromatic heterocycles. The van der Waals surface area contributed by atoms with Crippen LogP contribution in [-0.2, 0) is 0 Å². The van der Waals surface area contributed by atoms with Crippen LogP contribution in [0.15, 0.2) is 41.5 Å². The van der Waals surface area contributed by atoms with Gasteiger partial charge in [-0.3, -0.25) is 4.99 Å². The first-order valence-corrected chi connectivity index (χ1v) is 4.15. The number of nitrogens with zero attached hydrogens (tertiary/aromatic N) is 1. The van der Waals surface area contributed by atoms with Gasteiger partial charge in [-0.2, -0.15) is 0 Å². The minimum Gasteiger partial charge on any atom is -0.261 e. The highest BCUT2D eigenvalue weighted by Gasteiger charge is 1.96. The average molecular weight is 177 g/mol. The molecule has 0 aliphatic heterocycles. The van der Waals surface area contributed by atoms with E-state index >= 15 is 0 Å². The molecule has 13 heavy (non-hydrogen) atoms. The van der Waals surface area contributed by atoms with E-state index in [9.17, 15) is 4.39 Å². The van der Waals surface area contributed by atoms with E-state index in [-0.39, 0.29) is 5.82 Å². The molecule has 0 amide bonds. The predicted octanol–water partition coefficient (Wildman–Crippen LogP) is 3.17. The van der Waals surface area contributed by atoms with E-state index in [2.05, 4.69) is 4.99 Å². The summed E-state index contributed by atoms with van der Waals surface area (Å²) in [5, 5.41) is 0. The molecular weight excluding hydrogens is 165 g/mol. The van der Waals surface area contributed by atoms with Crippen molar-refractivity contribution in [2.45, 2.75) is 13.8 Å². The molecule has 0 atom stereocenters. The fourth-order valence-electron chi connectivity index (χ4n) is 0.974. The zero-order valence-corrected chi connectivity index (χ0v) is 7.79. The molecule has 0 aliphatic rings. The summed E-state index contributed by atoms with van der Waals surface area (Å²) in [7, 11) is 0. The van der Waals surface area contributed by atoms with Crippen LogP contribution in [0.1, 0.15) is 19.4 Å². The monoisotopic (exact) mass is 177 g/mol. The Morgan fingerprint density at radius 3 is 2.85 bits per heavy atom. The average Bonchev–Trinajstić information content (AvgIpc) is 2.14. The van der Waals surface area contributed by atoms with E-state index in [0.717, 1.165) is 11.3 Å². The first-order chi connectivity index (χ1) is 6.24. The maximum atomic E-state index is 12.8. The van der Waals surface area contributed by atoms with E-state index in [4.69, 9.17) is 0 Å². The minimum atomic E-state index is -0.229. The topological polar surface area (TPSA) is 12.4 Å². The fourth-order valence-corrected chi connectivity index (χ4v) is 0.974. The molecule has 0 saturated heterocycles. The molecule has 0 heterocycles. The second kappa shape index (κ2) is 4.55. The van der Waals surface area contributed by atoms with Gasteiger partial charge in [-0.15, -0.1) is 0 Å². The van der Waals surface area contributed by atoms with Gasteiger partial charge >= 0.3 is 0 Å². The van der Waals surface area contributed by atoms with Gasteiger partial charge in [-0.25, -0.2) is 4.39 Å². The summed E-state index contributed by atoms with van der Waals surface area (Å²) in [5.41, 5.74) is 1.63. The van der Waals surface area contributed by atoms with Gasteiger partial charge in [-0.1, -0.05) is 18.2 Å². The summed E-state index contributed by atoms with van der Waals surface area (Å²) < 4.78 is 12.8. The van der Waals surface area contributed by atoms with Gasteiger partial charge in [0, 0.05) is 11.9 Å². The largest absolute Gasteiger partial charge is 0.261 e. The lowest BCUT2D eigenvalue weighted by Gasteiger charge is -1.98. The molecule has 0 fully saturated rings. The number of hydrogen-bond acceptors (Lipinski definition) is 1. The molecule has 0 unspecified atom stereocenters. The van der Waals surface area contributed by atoms with Crippen LogP contribution in [0.3, 0.4) is 0 Å². The molecule has 2 heteroatoms. The molecule has 0 spiro atoms. The summed E-state index contributed by atoms with van der Waals surface area (Å²) in [6, 6.07) is 6.42. The molecule has 1 aromatic carbocycles. The number of benzene rings is 1. The predicted molar refractivity (Wildman–Crippen MR) is 53.4 cm³/mol. The first-order valence-electron chi connectivity index (χ1n) is 4.15. The molecule has 0 aliphatic carbocycles. The Labute approximate surface area is 77.6 Å². The molecule has 0 N–H and O–H groups in total. The van der Waals surface area contributed by atoms with E-state index in [1.165, 1.54) is 12.1 Å². The van der Waals surface area contributed by atoms with Crippen molar-refractivity contribution >= 4 is 5.71 Å². The summed E-state index contributed by atoms with van der Waals surface area (Å²) in [4.78, 5) is 4.12. The second-order valence-electron chi connectivity index (χ2n) is 2.71. The van der Waals surface area contributed by atoms with Crippen LogP contribution in [0.5, 0.6) is 0 Å². The lowest BCUT2D eigenvalue weighted by atomic mass is 10.1. The van der Waals surface area contributed by atoms with Crippen molar-refractivity contribution in [2.75, 3.05) is 0 Å². The van der Waals surface area contributed by atoms with Gasteiger partial charge in [-0.05, 0) is 31.5 Å². The summed E-state index contributed by atoms with van der Waals surface area (Å²) in [5.74, 6) is -0.229. The first kappa shape index (κ1) is 9.65. The highest BCUT2D eigenvalue weighted by atomic mass is 19.1. The quantitative estimate of drug-likeness (QED) is 0.615. The lowest BCUT2D eigenvalue weighted by molar-refractivity contribution is 0.627. The molecule has 0 bridgehead atoms. The van der Waals surface area contributed by atoms with E-state index in [1.807, 2.05) is 26.0 Å². The molecule has 0 saturated carbocycles. The van der Waals surface area contributed by atoms with Gasteiger partial charge in [0.25, 0.3) is 0 Å². The van der Waals surface area contributed by atoms with Gasteiger partial charge in [0.15, 0.2) is 0 Å². The van der Waals surface area contributed by atoms with Crippen molar-refractivity contribution in [2.24, 2.45) is 4.99 Å². The maximum Gasteiger partial charge on any atom is 0.123 e. The third-order valence-corrected chi connectivity index (χ3v) is 1.66. The van der Waals surface area contributed by atoms with Gasteiger partial charge in [0.05, 0.1) is 0 Å². The van der Waals surface area contributed by atoms with E-state index in [1.54, 1.807) is 12.3 Å². The van der Waals surface area contributed by atoms with Crippen LogP contribution in [0.4, 0.5) is 4.39 Å². The van der Waals surface area contributed by atoms with Crippen molar-refractivity contribution in [1.29, 1.82) is 0 Å². The van der Waals surface area contributed by atoms with Crippen LogP contribution in [0, 0.1) is 5.82 Å². The number of allylic oxidation sites excluding steroid dienone is 1. The Kier molecular flexibility index (Phi) is 3.38. The zero-order chi connectivity index (χ0) is 9.68. The third-order valence-electron chi connectivity index (χ3n) is 1.66. The molecular formula is C11H12FN. The molecule has 0 radical (unpaired) electrons. The van der Waals surface area contributed by atoms with Gasteiger partial charge < -0.3 is 0 Å². The van der Waals surface area contributed by atoms with Crippen LogP contribution in [-0.4, -0.2) is 5.71 Å². The summed E-state index contributed by atoms with van der Waals surface area (Å²) >= 11 is 0. The van der Waals surface area contributed by atoms with Crippen molar-refractivity contribution in [1.82, 2.24) is 0 Å². The lowest BCUT2D eigenvalue weighted by Crippen LogP contribution is -1.93. The Morgan fingerprint density at radius 2 is 2.23 bits per heavy atom. The van der Waals surface area contributed by atoms with Crippen LogP contribution in [0.2, 0.25) is 0 Å². The number of halogens is 1. The van der Waals surface area contributed by atoms with E-state index < -0.39 is 0 Å². The molecule has 1 rings (SSSR count). The Balaban J connectivity index is 2.94. The highest BCUT2D eigenvalue weighted by molar-refractivity contribution is 5.98. The Bertz CT molecular complexity index is 340. The van der Waals surface area contributed by atoms with Crippen molar-refractivity contribution in [3.8, 4) is 0 Å². The van der Waals surface area contributed by atoms with Gasteiger partial charge in [0.2, 0.25) is 0 Å². The zero-order valence-electron chi connectivity index (χ0n) is 7.79. The highest BCUT2D eigenvalue weighted by Crippen LogP contribution is 2.05. The number of aliphatic imine (C=N–C) groups is 1. The summed E-state index contributed by atoms with van der Waals surface area (Å²) in [6.07, 6.45) is 3.53. The standard InChI is InChI=1S/C11H12FN/c1-3-7-13-9(2)10-5-4-6-11(12)8-10/h3-8H,1-2H3.